The van der Waals surface area contributed by atoms with Gasteiger partial charge in [0.05, 0.1) is 18.8 Å². The molecule has 1 saturated heterocycles. The van der Waals surface area contributed by atoms with Crippen molar-refractivity contribution in [2.75, 3.05) is 20.1 Å². The molecule has 0 unspecified atom stereocenters. The quantitative estimate of drug-likeness (QED) is 0.835. The van der Waals surface area contributed by atoms with E-state index in [1.165, 1.54) is 0 Å². The van der Waals surface area contributed by atoms with Crippen molar-refractivity contribution in [1.82, 2.24) is 15.0 Å². The van der Waals surface area contributed by atoms with Crippen molar-refractivity contribution in [2.24, 2.45) is 0 Å². The molecular formula is C17H24FN3O3. The fourth-order valence-corrected chi connectivity index (χ4v) is 3.28. The molecule has 24 heavy (non-hydrogen) atoms. The van der Waals surface area contributed by atoms with Crippen LogP contribution in [0.2, 0.25) is 0 Å². The highest BCUT2D eigenvalue weighted by Crippen LogP contribution is 2.24. The first kappa shape index (κ1) is 17.1. The Balaban J connectivity index is 1.57. The van der Waals surface area contributed by atoms with Crippen LogP contribution in [0.1, 0.15) is 29.4 Å². The Morgan fingerprint density at radius 1 is 1.38 bits per heavy atom. The second kappa shape index (κ2) is 7.46. The predicted octanol–water partition coefficient (Wildman–Crippen LogP) is 2.11. The SMILES string of the molecule is Cc1cc(CN2C[C@@H](F)C[C@H]2CN(C)Cc2ccc(CO)o2)on1. The minimum absolute atomic E-state index is 0.0970. The van der Waals surface area contributed by atoms with Gasteiger partial charge in [0.25, 0.3) is 0 Å². The van der Waals surface area contributed by atoms with Crippen LogP contribution in [0.25, 0.3) is 0 Å². The molecule has 7 heteroatoms. The van der Waals surface area contributed by atoms with E-state index in [1.807, 2.05) is 26.1 Å². The zero-order valence-electron chi connectivity index (χ0n) is 14.1. The highest BCUT2D eigenvalue weighted by atomic mass is 19.1. The number of nitrogens with zero attached hydrogens (tertiary/aromatic N) is 3. The molecule has 0 aromatic carbocycles. The van der Waals surface area contributed by atoms with Gasteiger partial charge in [-0.1, -0.05) is 5.16 Å². The van der Waals surface area contributed by atoms with E-state index in [9.17, 15) is 4.39 Å². The van der Waals surface area contributed by atoms with Crippen molar-refractivity contribution in [3.05, 3.63) is 41.2 Å². The van der Waals surface area contributed by atoms with Gasteiger partial charge in [0, 0.05) is 25.2 Å². The van der Waals surface area contributed by atoms with E-state index in [0.29, 0.717) is 31.8 Å². The van der Waals surface area contributed by atoms with Crippen LogP contribution >= 0.6 is 0 Å². The summed E-state index contributed by atoms with van der Waals surface area (Å²) in [5.41, 5.74) is 0.840. The first-order chi connectivity index (χ1) is 11.5. The fourth-order valence-electron chi connectivity index (χ4n) is 3.28. The van der Waals surface area contributed by atoms with Gasteiger partial charge in [0.2, 0.25) is 0 Å². The van der Waals surface area contributed by atoms with E-state index < -0.39 is 6.17 Å². The van der Waals surface area contributed by atoms with E-state index in [4.69, 9.17) is 14.0 Å². The van der Waals surface area contributed by atoms with Crippen molar-refractivity contribution in [2.45, 2.75) is 45.3 Å². The lowest BCUT2D eigenvalue weighted by Crippen LogP contribution is -2.38. The van der Waals surface area contributed by atoms with E-state index in [2.05, 4.69) is 15.0 Å². The molecule has 132 valence electrons. The Morgan fingerprint density at radius 3 is 2.83 bits per heavy atom. The number of aryl methyl sites for hydroxylation is 1. The molecule has 3 rings (SSSR count). The maximum Gasteiger partial charge on any atom is 0.150 e. The van der Waals surface area contributed by atoms with Crippen LogP contribution in [0.3, 0.4) is 0 Å². The number of halogens is 1. The van der Waals surface area contributed by atoms with Crippen molar-refractivity contribution >= 4 is 0 Å². The van der Waals surface area contributed by atoms with Gasteiger partial charge in [0.15, 0.2) is 5.76 Å². The lowest BCUT2D eigenvalue weighted by molar-refractivity contribution is 0.160. The molecule has 0 radical (unpaired) electrons. The Labute approximate surface area is 140 Å². The molecule has 3 heterocycles. The predicted molar refractivity (Wildman–Crippen MR) is 85.9 cm³/mol. The standard InChI is InChI=1S/C17H24FN3O3/c1-12-5-17(24-19-12)10-21-7-13(18)6-14(21)8-20(2)9-15-3-4-16(11-22)23-15/h3-5,13-14,22H,6-11H2,1-2H3/t13-,14-/m0/s1. The molecule has 1 fully saturated rings. The molecule has 0 spiro atoms. The Hall–Kier alpha value is -1.70. The van der Waals surface area contributed by atoms with E-state index >= 15 is 0 Å². The number of aliphatic hydroxyl groups excluding tert-OH is 1. The summed E-state index contributed by atoms with van der Waals surface area (Å²) in [5.74, 6) is 2.13. The van der Waals surface area contributed by atoms with E-state index in [0.717, 1.165) is 23.8 Å². The molecule has 2 aromatic heterocycles. The summed E-state index contributed by atoms with van der Waals surface area (Å²) in [6.45, 7) is 4.15. The Kier molecular flexibility index (Phi) is 5.33. The molecule has 6 nitrogen and oxygen atoms in total. The van der Waals surface area contributed by atoms with Crippen LogP contribution in [0.5, 0.6) is 0 Å². The van der Waals surface area contributed by atoms with E-state index in [1.54, 1.807) is 6.07 Å². The second-order valence-electron chi connectivity index (χ2n) is 6.57. The number of aliphatic hydroxyl groups is 1. The number of alkyl halides is 1. The third-order valence-corrected chi connectivity index (χ3v) is 4.33. The molecule has 2 aromatic rings. The maximum atomic E-state index is 13.9. The Morgan fingerprint density at radius 2 is 2.17 bits per heavy atom. The van der Waals surface area contributed by atoms with Crippen LogP contribution in [-0.2, 0) is 19.7 Å². The molecule has 0 bridgehead atoms. The van der Waals surface area contributed by atoms with Gasteiger partial charge in [-0.25, -0.2) is 4.39 Å². The minimum atomic E-state index is -0.808. The van der Waals surface area contributed by atoms with Crippen molar-refractivity contribution in [3.8, 4) is 0 Å². The van der Waals surface area contributed by atoms with Gasteiger partial charge < -0.3 is 14.0 Å². The van der Waals surface area contributed by atoms with Gasteiger partial charge in [-0.05, 0) is 32.5 Å². The highest BCUT2D eigenvalue weighted by Gasteiger charge is 2.33. The zero-order chi connectivity index (χ0) is 17.1. The van der Waals surface area contributed by atoms with Gasteiger partial charge in [-0.15, -0.1) is 0 Å². The van der Waals surface area contributed by atoms with Gasteiger partial charge in [-0.3, -0.25) is 9.80 Å². The lowest BCUT2D eigenvalue weighted by Gasteiger charge is -2.27. The number of likely N-dealkylation sites (tertiary alicyclic amines) is 1. The summed E-state index contributed by atoms with van der Waals surface area (Å²) in [6, 6.07) is 5.66. The van der Waals surface area contributed by atoms with Crippen LogP contribution < -0.4 is 0 Å². The smallest absolute Gasteiger partial charge is 0.150 e. The van der Waals surface area contributed by atoms with Crippen LogP contribution in [0.15, 0.2) is 27.1 Å². The van der Waals surface area contributed by atoms with Crippen molar-refractivity contribution < 1.29 is 18.4 Å². The topological polar surface area (TPSA) is 65.9 Å². The number of likely N-dealkylation sites (N-methyl/N-ethyl adjacent to an activating group) is 1. The molecular weight excluding hydrogens is 313 g/mol. The van der Waals surface area contributed by atoms with Gasteiger partial charge >= 0.3 is 0 Å². The number of aromatic nitrogens is 1. The third-order valence-electron chi connectivity index (χ3n) is 4.33. The largest absolute Gasteiger partial charge is 0.462 e. The number of hydrogen-bond donors (Lipinski definition) is 1. The van der Waals surface area contributed by atoms with Crippen LogP contribution in [-0.4, -0.2) is 52.4 Å². The summed E-state index contributed by atoms with van der Waals surface area (Å²) in [6.07, 6.45) is -0.283. The number of rotatable bonds is 7. The highest BCUT2D eigenvalue weighted by molar-refractivity contribution is 5.07. The fraction of sp³-hybridized carbons (Fsp3) is 0.588. The molecule has 1 aliphatic rings. The van der Waals surface area contributed by atoms with E-state index in [-0.39, 0.29) is 12.6 Å². The Bertz CT molecular complexity index is 657. The molecule has 0 saturated carbocycles. The normalized spacial score (nSPS) is 21.9. The first-order valence-electron chi connectivity index (χ1n) is 8.21. The summed E-state index contributed by atoms with van der Waals surface area (Å²) in [7, 11) is 1.99. The van der Waals surface area contributed by atoms with Crippen molar-refractivity contribution in [1.29, 1.82) is 0 Å². The van der Waals surface area contributed by atoms with Crippen molar-refractivity contribution in [3.63, 3.8) is 0 Å². The summed E-state index contributed by atoms with van der Waals surface area (Å²) in [5, 5.41) is 12.9. The number of furan rings is 1. The zero-order valence-corrected chi connectivity index (χ0v) is 14.1. The molecule has 0 aliphatic carbocycles. The second-order valence-corrected chi connectivity index (χ2v) is 6.57. The summed E-state index contributed by atoms with van der Waals surface area (Å²) >= 11 is 0. The molecule has 1 N–H and O–H groups in total. The van der Waals surface area contributed by atoms with Crippen LogP contribution in [0.4, 0.5) is 4.39 Å². The monoisotopic (exact) mass is 337 g/mol. The average molecular weight is 337 g/mol. The van der Waals surface area contributed by atoms with Gasteiger partial charge in [-0.2, -0.15) is 0 Å². The van der Waals surface area contributed by atoms with Crippen LogP contribution in [0, 0.1) is 6.92 Å². The third kappa shape index (κ3) is 4.23. The lowest BCUT2D eigenvalue weighted by atomic mass is 10.2. The first-order valence-corrected chi connectivity index (χ1v) is 8.21. The minimum Gasteiger partial charge on any atom is -0.462 e. The van der Waals surface area contributed by atoms with Gasteiger partial charge in [0.1, 0.15) is 24.3 Å². The molecule has 1 aliphatic heterocycles. The molecule has 0 amide bonds. The molecule has 2 atom stereocenters. The average Bonchev–Trinajstić information content (AvgIpc) is 3.22. The maximum absolute atomic E-state index is 13.9. The number of hydrogen-bond acceptors (Lipinski definition) is 6. The summed E-state index contributed by atoms with van der Waals surface area (Å²) < 4.78 is 24.7. The summed E-state index contributed by atoms with van der Waals surface area (Å²) in [4.78, 5) is 4.23.